The third kappa shape index (κ3) is 6.26. The highest BCUT2D eigenvalue weighted by atomic mass is 35.5. The lowest BCUT2D eigenvalue weighted by Gasteiger charge is -2.21. The molecule has 2 aromatic rings. The molecular formula is C27H39ClN4O. The van der Waals surface area contributed by atoms with Crippen LogP contribution in [0.3, 0.4) is 0 Å². The van der Waals surface area contributed by atoms with Crippen LogP contribution >= 0.6 is 11.6 Å². The molecule has 1 aliphatic carbocycles. The highest BCUT2D eigenvalue weighted by Crippen LogP contribution is 2.33. The molecule has 0 atom stereocenters. The number of hydrogen-bond donors (Lipinski definition) is 1. The molecule has 1 aromatic heterocycles. The number of pyridine rings is 1. The van der Waals surface area contributed by atoms with Gasteiger partial charge in [0.1, 0.15) is 0 Å². The fourth-order valence-electron chi connectivity index (χ4n) is 5.28. The van der Waals surface area contributed by atoms with Crippen molar-refractivity contribution in [3.05, 3.63) is 40.0 Å². The molecule has 180 valence electrons. The van der Waals surface area contributed by atoms with Gasteiger partial charge in [-0.15, -0.1) is 0 Å². The monoisotopic (exact) mass is 470 g/mol. The van der Waals surface area contributed by atoms with Crippen molar-refractivity contribution in [2.75, 3.05) is 39.3 Å². The van der Waals surface area contributed by atoms with E-state index in [0.717, 1.165) is 72.5 Å². The van der Waals surface area contributed by atoms with Crippen molar-refractivity contribution in [1.82, 2.24) is 14.8 Å². The number of halogens is 1. The molecule has 2 aliphatic heterocycles. The summed E-state index contributed by atoms with van der Waals surface area (Å²) in [6.45, 7) is 6.41. The molecule has 2 saturated heterocycles. The lowest BCUT2D eigenvalue weighted by atomic mass is 9.94. The number of carbonyl (C=O) groups is 1. The second-order valence-corrected chi connectivity index (χ2v) is 10.1. The second kappa shape index (κ2) is 12.1. The quantitative estimate of drug-likeness (QED) is 0.665. The third-order valence-corrected chi connectivity index (χ3v) is 7.64. The van der Waals surface area contributed by atoms with Gasteiger partial charge in [0.25, 0.3) is 5.91 Å². The van der Waals surface area contributed by atoms with Crippen LogP contribution in [0.25, 0.3) is 10.9 Å². The van der Waals surface area contributed by atoms with Crippen LogP contribution in [0.1, 0.15) is 79.4 Å². The van der Waals surface area contributed by atoms with Gasteiger partial charge in [-0.05, 0) is 102 Å². The summed E-state index contributed by atoms with van der Waals surface area (Å²) in [4.78, 5) is 22.2. The van der Waals surface area contributed by atoms with Crippen molar-refractivity contribution in [3.8, 4) is 0 Å². The Morgan fingerprint density at radius 1 is 0.939 bits per heavy atom. The van der Waals surface area contributed by atoms with Gasteiger partial charge in [0.2, 0.25) is 0 Å². The van der Waals surface area contributed by atoms with Crippen LogP contribution in [-0.4, -0.2) is 60.0 Å². The normalized spacial score (nSPS) is 19.0. The zero-order chi connectivity index (χ0) is 23.0. The predicted molar refractivity (Wildman–Crippen MR) is 137 cm³/mol. The van der Waals surface area contributed by atoms with Crippen LogP contribution in [0.5, 0.6) is 0 Å². The summed E-state index contributed by atoms with van der Waals surface area (Å²) in [5, 5.41) is 1.81. The molecule has 3 heterocycles. The van der Waals surface area contributed by atoms with E-state index in [1.807, 2.05) is 23.1 Å². The summed E-state index contributed by atoms with van der Waals surface area (Å²) in [7, 11) is 0. The fraction of sp³-hybridized carbons (Fsp3) is 0.630. The Bertz CT molecular complexity index is 933. The van der Waals surface area contributed by atoms with Crippen molar-refractivity contribution < 1.29 is 4.79 Å². The van der Waals surface area contributed by atoms with Gasteiger partial charge in [0, 0.05) is 29.7 Å². The smallest absolute Gasteiger partial charge is 0.253 e. The van der Waals surface area contributed by atoms with Crippen molar-refractivity contribution in [1.29, 1.82) is 0 Å². The van der Waals surface area contributed by atoms with E-state index < -0.39 is 0 Å². The van der Waals surface area contributed by atoms with Gasteiger partial charge in [-0.3, -0.25) is 9.78 Å². The van der Waals surface area contributed by atoms with Gasteiger partial charge in [0.15, 0.2) is 0 Å². The number of amides is 1. The Labute approximate surface area is 203 Å². The molecular weight excluding hydrogens is 432 g/mol. The number of nitrogens with zero attached hydrogens (tertiary/aromatic N) is 3. The maximum atomic E-state index is 12.8. The number of hydrogen-bond acceptors (Lipinski definition) is 4. The fourth-order valence-corrected chi connectivity index (χ4v) is 5.64. The Morgan fingerprint density at radius 2 is 1.64 bits per heavy atom. The van der Waals surface area contributed by atoms with Crippen LogP contribution in [0.2, 0.25) is 5.02 Å². The first-order chi connectivity index (χ1) is 16.2. The van der Waals surface area contributed by atoms with E-state index in [1.165, 1.54) is 70.1 Å². The topological polar surface area (TPSA) is 62.5 Å². The van der Waals surface area contributed by atoms with Gasteiger partial charge in [-0.25, -0.2) is 0 Å². The number of nitrogens with two attached hydrogens (primary N) is 1. The van der Waals surface area contributed by atoms with E-state index in [2.05, 4.69) is 4.90 Å². The van der Waals surface area contributed by atoms with Crippen LogP contribution < -0.4 is 5.73 Å². The average Bonchev–Trinajstić information content (AvgIpc) is 3.22. The van der Waals surface area contributed by atoms with Crippen molar-refractivity contribution in [3.63, 3.8) is 0 Å². The number of likely N-dealkylation sites (tertiary alicyclic amines) is 2. The van der Waals surface area contributed by atoms with Gasteiger partial charge < -0.3 is 15.5 Å². The summed E-state index contributed by atoms with van der Waals surface area (Å²) in [6.07, 6.45) is 13.0. The van der Waals surface area contributed by atoms with E-state index in [0.29, 0.717) is 0 Å². The minimum absolute atomic E-state index is 0.134. The lowest BCUT2D eigenvalue weighted by molar-refractivity contribution is 0.0762. The SMILES string of the molecule is NCCCN1CCCC1.O=C(c1ccc2c(Cl)c3c(nc2c1)CCCC3)N1CCCCCC1. The van der Waals surface area contributed by atoms with Crippen molar-refractivity contribution in [2.45, 2.75) is 70.6 Å². The van der Waals surface area contributed by atoms with E-state index in [-0.39, 0.29) is 5.91 Å². The molecule has 2 fully saturated rings. The molecule has 6 heteroatoms. The number of aromatic nitrogens is 1. The summed E-state index contributed by atoms with van der Waals surface area (Å²) in [6, 6.07) is 5.83. The standard InChI is InChI=1S/C20H23ClN2O.C7H16N2/c21-19-15-7-3-4-8-17(15)22-18-13-14(9-10-16(18)19)20(24)23-11-5-1-2-6-12-23;8-4-3-7-9-5-1-2-6-9/h9-10,13H,1-8,11-12H2;1-8H2. The molecule has 0 saturated carbocycles. The molecule has 5 nitrogen and oxygen atoms in total. The Balaban J connectivity index is 0.000000243. The van der Waals surface area contributed by atoms with Gasteiger partial charge >= 0.3 is 0 Å². The van der Waals surface area contributed by atoms with E-state index >= 15 is 0 Å². The number of aryl methyl sites for hydroxylation is 1. The van der Waals surface area contributed by atoms with E-state index in [4.69, 9.17) is 22.3 Å². The second-order valence-electron chi connectivity index (χ2n) is 9.69. The van der Waals surface area contributed by atoms with Crippen molar-refractivity contribution >= 4 is 28.4 Å². The van der Waals surface area contributed by atoms with Crippen LogP contribution in [0.4, 0.5) is 0 Å². The number of rotatable bonds is 4. The third-order valence-electron chi connectivity index (χ3n) is 7.21. The Kier molecular flexibility index (Phi) is 8.99. The largest absolute Gasteiger partial charge is 0.339 e. The first kappa shape index (κ1) is 24.4. The van der Waals surface area contributed by atoms with Crippen LogP contribution in [-0.2, 0) is 12.8 Å². The molecule has 5 rings (SSSR count). The first-order valence-corrected chi connectivity index (χ1v) is 13.4. The number of fused-ring (bicyclic) bond motifs is 2. The molecule has 1 amide bonds. The lowest BCUT2D eigenvalue weighted by Crippen LogP contribution is -2.31. The highest BCUT2D eigenvalue weighted by Gasteiger charge is 2.20. The maximum Gasteiger partial charge on any atom is 0.253 e. The molecule has 0 spiro atoms. The minimum atomic E-state index is 0.134. The van der Waals surface area contributed by atoms with E-state index in [9.17, 15) is 4.79 Å². The summed E-state index contributed by atoms with van der Waals surface area (Å²) in [5.74, 6) is 0.134. The minimum Gasteiger partial charge on any atom is -0.339 e. The van der Waals surface area contributed by atoms with Crippen LogP contribution in [0.15, 0.2) is 18.2 Å². The average molecular weight is 471 g/mol. The maximum absolute atomic E-state index is 12.8. The molecule has 1 aromatic carbocycles. The number of benzene rings is 1. The number of carbonyl (C=O) groups excluding carboxylic acids is 1. The highest BCUT2D eigenvalue weighted by molar-refractivity contribution is 6.36. The van der Waals surface area contributed by atoms with Gasteiger partial charge in [-0.1, -0.05) is 30.5 Å². The Morgan fingerprint density at radius 3 is 2.36 bits per heavy atom. The summed E-state index contributed by atoms with van der Waals surface area (Å²) >= 11 is 6.63. The zero-order valence-corrected chi connectivity index (χ0v) is 20.7. The zero-order valence-electron chi connectivity index (χ0n) is 20.0. The Hall–Kier alpha value is -1.69. The summed E-state index contributed by atoms with van der Waals surface area (Å²) in [5.41, 5.74) is 9.32. The van der Waals surface area contributed by atoms with Gasteiger partial charge in [-0.2, -0.15) is 0 Å². The van der Waals surface area contributed by atoms with Crippen LogP contribution in [0, 0.1) is 0 Å². The molecule has 2 N–H and O–H groups in total. The molecule has 0 unspecified atom stereocenters. The first-order valence-electron chi connectivity index (χ1n) is 13.0. The van der Waals surface area contributed by atoms with Gasteiger partial charge in [0.05, 0.1) is 10.5 Å². The summed E-state index contributed by atoms with van der Waals surface area (Å²) < 4.78 is 0. The molecule has 0 bridgehead atoms. The predicted octanol–water partition coefficient (Wildman–Crippen LogP) is 5.21. The van der Waals surface area contributed by atoms with E-state index in [1.54, 1.807) is 0 Å². The molecule has 3 aliphatic rings. The molecule has 33 heavy (non-hydrogen) atoms. The van der Waals surface area contributed by atoms with Crippen molar-refractivity contribution in [2.24, 2.45) is 5.73 Å². The molecule has 0 radical (unpaired) electrons.